The lowest BCUT2D eigenvalue weighted by Crippen LogP contribution is -2.10. The Bertz CT molecular complexity index is 591. The number of nitrogen functional groups attached to an aromatic ring is 1. The summed E-state index contributed by atoms with van der Waals surface area (Å²) in [4.78, 5) is 2.46. The van der Waals surface area contributed by atoms with Gasteiger partial charge in [-0.1, -0.05) is 36.0 Å². The van der Waals surface area contributed by atoms with Gasteiger partial charge >= 0.3 is 0 Å². The van der Waals surface area contributed by atoms with Crippen LogP contribution in [0.15, 0.2) is 52.3 Å². The summed E-state index contributed by atoms with van der Waals surface area (Å²) in [6.45, 7) is 4.16. The largest absolute Gasteiger partial charge is 0.384 e. The normalized spacial score (nSPS) is 10.3. The topological polar surface area (TPSA) is 49.9 Å². The lowest BCUT2D eigenvalue weighted by molar-refractivity contribution is 1.25. The van der Waals surface area contributed by atoms with E-state index in [2.05, 4.69) is 25.1 Å². The average molecular weight is 256 g/mol. The number of benzene rings is 2. The number of aryl methyl sites for hydroxylation is 2. The highest BCUT2D eigenvalue weighted by Gasteiger charge is 2.05. The molecular weight excluding hydrogens is 240 g/mol. The molecule has 0 bridgehead atoms. The van der Waals surface area contributed by atoms with E-state index in [-0.39, 0.29) is 5.84 Å². The van der Waals surface area contributed by atoms with Crippen LogP contribution in [0.5, 0.6) is 0 Å². The van der Waals surface area contributed by atoms with Gasteiger partial charge < -0.3 is 5.73 Å². The van der Waals surface area contributed by atoms with E-state index in [4.69, 9.17) is 11.1 Å². The molecule has 0 amide bonds. The standard InChI is InChI=1S/C15H16N2S/c1-10-5-3-4-6-13(10)18-14-8-7-12(15(16)17)9-11(14)2/h3-9H,1-2H3,(H3,16,17). The molecule has 92 valence electrons. The summed E-state index contributed by atoms with van der Waals surface area (Å²) in [5.74, 6) is 0.116. The number of rotatable bonds is 3. The van der Waals surface area contributed by atoms with Gasteiger partial charge in [0.1, 0.15) is 5.84 Å². The first kappa shape index (κ1) is 12.7. The van der Waals surface area contributed by atoms with Gasteiger partial charge in [0.25, 0.3) is 0 Å². The SMILES string of the molecule is Cc1ccccc1Sc1ccc(C(=N)N)cc1C. The van der Waals surface area contributed by atoms with E-state index in [9.17, 15) is 0 Å². The summed E-state index contributed by atoms with van der Waals surface area (Å²) in [6.07, 6.45) is 0. The van der Waals surface area contributed by atoms with Gasteiger partial charge in [-0.2, -0.15) is 0 Å². The first-order valence-electron chi connectivity index (χ1n) is 5.76. The Morgan fingerprint density at radius 3 is 2.28 bits per heavy atom. The fourth-order valence-corrected chi connectivity index (χ4v) is 2.69. The van der Waals surface area contributed by atoms with Crippen LogP contribution in [-0.2, 0) is 0 Å². The van der Waals surface area contributed by atoms with Gasteiger partial charge in [-0.25, -0.2) is 0 Å². The molecule has 2 nitrogen and oxygen atoms in total. The highest BCUT2D eigenvalue weighted by molar-refractivity contribution is 7.99. The fraction of sp³-hybridized carbons (Fsp3) is 0.133. The quantitative estimate of drug-likeness (QED) is 0.649. The van der Waals surface area contributed by atoms with Crippen LogP contribution in [0, 0.1) is 19.3 Å². The van der Waals surface area contributed by atoms with E-state index in [0.717, 1.165) is 11.1 Å². The summed E-state index contributed by atoms with van der Waals surface area (Å²) in [6, 6.07) is 14.2. The number of hydrogen-bond acceptors (Lipinski definition) is 2. The lowest BCUT2D eigenvalue weighted by atomic mass is 10.1. The van der Waals surface area contributed by atoms with Crippen molar-refractivity contribution >= 4 is 17.6 Å². The second-order valence-electron chi connectivity index (χ2n) is 4.26. The Kier molecular flexibility index (Phi) is 3.72. The van der Waals surface area contributed by atoms with E-state index in [1.54, 1.807) is 11.8 Å². The van der Waals surface area contributed by atoms with Crippen LogP contribution in [-0.4, -0.2) is 5.84 Å². The van der Waals surface area contributed by atoms with Gasteiger partial charge in [0.2, 0.25) is 0 Å². The molecule has 0 fully saturated rings. The monoisotopic (exact) mass is 256 g/mol. The van der Waals surface area contributed by atoms with Crippen LogP contribution >= 0.6 is 11.8 Å². The Morgan fingerprint density at radius 2 is 1.67 bits per heavy atom. The first-order chi connectivity index (χ1) is 8.58. The Hall–Kier alpha value is -1.74. The van der Waals surface area contributed by atoms with E-state index in [0.29, 0.717) is 0 Å². The number of nitrogens with one attached hydrogen (secondary N) is 1. The molecule has 0 radical (unpaired) electrons. The molecule has 2 aromatic carbocycles. The Balaban J connectivity index is 2.30. The molecule has 0 saturated carbocycles. The van der Waals surface area contributed by atoms with E-state index >= 15 is 0 Å². The van der Waals surface area contributed by atoms with Crippen molar-refractivity contribution in [2.45, 2.75) is 23.6 Å². The second-order valence-corrected chi connectivity index (χ2v) is 5.35. The van der Waals surface area contributed by atoms with E-state index in [1.807, 2.05) is 31.2 Å². The van der Waals surface area contributed by atoms with Crippen molar-refractivity contribution in [3.8, 4) is 0 Å². The number of hydrogen-bond donors (Lipinski definition) is 2. The molecule has 3 heteroatoms. The molecule has 0 unspecified atom stereocenters. The third-order valence-corrected chi connectivity index (χ3v) is 4.16. The molecule has 18 heavy (non-hydrogen) atoms. The van der Waals surface area contributed by atoms with E-state index < -0.39 is 0 Å². The van der Waals surface area contributed by atoms with Crippen LogP contribution in [0.25, 0.3) is 0 Å². The molecule has 0 saturated heterocycles. The number of nitrogens with two attached hydrogens (primary N) is 1. The minimum absolute atomic E-state index is 0.116. The van der Waals surface area contributed by atoms with Crippen LogP contribution < -0.4 is 5.73 Å². The Labute approximate surface area is 112 Å². The summed E-state index contributed by atoms with van der Waals surface area (Å²) in [5, 5.41) is 7.43. The third kappa shape index (κ3) is 2.74. The first-order valence-corrected chi connectivity index (χ1v) is 6.58. The molecule has 0 spiro atoms. The molecule has 2 aromatic rings. The van der Waals surface area contributed by atoms with Crippen LogP contribution in [0.1, 0.15) is 16.7 Å². The summed E-state index contributed by atoms with van der Waals surface area (Å²) in [5.41, 5.74) is 8.69. The molecule has 0 atom stereocenters. The van der Waals surface area contributed by atoms with Gasteiger partial charge in [-0.05, 0) is 43.2 Å². The van der Waals surface area contributed by atoms with Crippen molar-refractivity contribution in [2.75, 3.05) is 0 Å². The summed E-state index contributed by atoms with van der Waals surface area (Å²) in [7, 11) is 0. The van der Waals surface area contributed by atoms with Gasteiger partial charge in [0.15, 0.2) is 0 Å². The molecule has 0 aliphatic rings. The molecule has 0 aliphatic heterocycles. The van der Waals surface area contributed by atoms with Crippen LogP contribution in [0.3, 0.4) is 0 Å². The molecule has 2 rings (SSSR count). The van der Waals surface area contributed by atoms with Crippen molar-refractivity contribution in [1.82, 2.24) is 0 Å². The van der Waals surface area contributed by atoms with E-state index in [1.165, 1.54) is 15.4 Å². The molecule has 0 aromatic heterocycles. The van der Waals surface area contributed by atoms with Crippen molar-refractivity contribution in [1.29, 1.82) is 5.41 Å². The Morgan fingerprint density at radius 1 is 1.00 bits per heavy atom. The number of amidine groups is 1. The summed E-state index contributed by atoms with van der Waals surface area (Å²) < 4.78 is 0. The highest BCUT2D eigenvalue weighted by Crippen LogP contribution is 2.32. The van der Waals surface area contributed by atoms with Crippen molar-refractivity contribution in [2.24, 2.45) is 5.73 Å². The maximum Gasteiger partial charge on any atom is 0.122 e. The third-order valence-electron chi connectivity index (χ3n) is 2.80. The minimum Gasteiger partial charge on any atom is -0.384 e. The summed E-state index contributed by atoms with van der Waals surface area (Å²) >= 11 is 1.75. The van der Waals surface area contributed by atoms with Crippen molar-refractivity contribution in [3.63, 3.8) is 0 Å². The van der Waals surface area contributed by atoms with Crippen LogP contribution in [0.4, 0.5) is 0 Å². The maximum atomic E-state index is 7.43. The zero-order valence-corrected chi connectivity index (χ0v) is 11.3. The molecule has 0 heterocycles. The molecule has 3 N–H and O–H groups in total. The van der Waals surface area contributed by atoms with Gasteiger partial charge in [-0.3, -0.25) is 5.41 Å². The predicted octanol–water partition coefficient (Wildman–Crippen LogP) is 3.74. The highest BCUT2D eigenvalue weighted by atomic mass is 32.2. The van der Waals surface area contributed by atoms with Crippen molar-refractivity contribution < 1.29 is 0 Å². The molecule has 0 aliphatic carbocycles. The second kappa shape index (κ2) is 5.27. The van der Waals surface area contributed by atoms with Crippen molar-refractivity contribution in [3.05, 3.63) is 59.2 Å². The fourth-order valence-electron chi connectivity index (χ4n) is 1.72. The lowest BCUT2D eigenvalue weighted by Gasteiger charge is -2.09. The van der Waals surface area contributed by atoms with Gasteiger partial charge in [0, 0.05) is 15.4 Å². The van der Waals surface area contributed by atoms with Gasteiger partial charge in [0.05, 0.1) is 0 Å². The van der Waals surface area contributed by atoms with Gasteiger partial charge in [-0.15, -0.1) is 0 Å². The minimum atomic E-state index is 0.116. The van der Waals surface area contributed by atoms with Crippen LogP contribution in [0.2, 0.25) is 0 Å². The smallest absolute Gasteiger partial charge is 0.122 e. The zero-order valence-electron chi connectivity index (χ0n) is 10.5. The zero-order chi connectivity index (χ0) is 13.1. The average Bonchev–Trinajstić information content (AvgIpc) is 2.34. The molecular formula is C15H16N2S. The predicted molar refractivity (Wildman–Crippen MR) is 77.5 cm³/mol. The maximum absolute atomic E-state index is 7.43.